The van der Waals surface area contributed by atoms with Gasteiger partial charge in [0.05, 0.1) is 6.42 Å². The zero-order valence-electron chi connectivity index (χ0n) is 7.80. The van der Waals surface area contributed by atoms with Crippen LogP contribution in [0.25, 0.3) is 0 Å². The second-order valence-electron chi connectivity index (χ2n) is 3.07. The maximum Gasteiger partial charge on any atom is 0.171 e. The molecule has 2 rings (SSSR count). The van der Waals surface area contributed by atoms with Crippen LogP contribution in [-0.4, -0.2) is 15.3 Å². The Morgan fingerprint density at radius 2 is 2.50 bits per heavy atom. The number of ketones is 1. The molecule has 2 heterocycles. The summed E-state index contributed by atoms with van der Waals surface area (Å²) in [6, 6.07) is 1.84. The molecule has 72 valence electrons. The molecule has 0 spiro atoms. The van der Waals surface area contributed by atoms with Crippen LogP contribution in [0.5, 0.6) is 0 Å². The molecule has 0 aliphatic heterocycles. The van der Waals surface area contributed by atoms with E-state index in [1.807, 2.05) is 34.6 Å². The van der Waals surface area contributed by atoms with Gasteiger partial charge in [-0.25, -0.2) is 4.98 Å². The third-order valence-corrected chi connectivity index (χ3v) is 2.77. The smallest absolute Gasteiger partial charge is 0.171 e. The minimum absolute atomic E-state index is 0.126. The van der Waals surface area contributed by atoms with Gasteiger partial charge in [0.15, 0.2) is 5.78 Å². The van der Waals surface area contributed by atoms with Crippen LogP contribution in [0.3, 0.4) is 0 Å². The molecule has 0 unspecified atom stereocenters. The molecule has 3 nitrogen and oxygen atoms in total. The molecule has 0 fully saturated rings. The van der Waals surface area contributed by atoms with E-state index in [1.165, 1.54) is 11.3 Å². The Bertz CT molecular complexity index is 431. The number of aromatic nitrogens is 2. The highest BCUT2D eigenvalue weighted by Gasteiger charge is 2.09. The van der Waals surface area contributed by atoms with Crippen LogP contribution in [0.2, 0.25) is 0 Å². The largest absolute Gasteiger partial charge is 0.338 e. The Hall–Kier alpha value is -1.42. The van der Waals surface area contributed by atoms with Crippen molar-refractivity contribution in [2.75, 3.05) is 0 Å². The molecular weight excluding hydrogens is 196 g/mol. The number of carbonyl (C=O) groups excluding carboxylic acids is 1. The van der Waals surface area contributed by atoms with Gasteiger partial charge in [0.25, 0.3) is 0 Å². The predicted octanol–water partition coefficient (Wildman–Crippen LogP) is 1.91. The van der Waals surface area contributed by atoms with Crippen LogP contribution in [0.15, 0.2) is 29.2 Å². The number of hydrogen-bond donors (Lipinski definition) is 0. The minimum atomic E-state index is 0.126. The lowest BCUT2D eigenvalue weighted by molar-refractivity contribution is 0.0990. The first kappa shape index (κ1) is 9.15. The molecule has 0 aliphatic rings. The quantitative estimate of drug-likeness (QED) is 0.719. The molecule has 0 amide bonds. The van der Waals surface area contributed by atoms with E-state index < -0.39 is 0 Å². The van der Waals surface area contributed by atoms with Crippen LogP contribution < -0.4 is 0 Å². The molecule has 0 atom stereocenters. The molecule has 2 aromatic rings. The van der Waals surface area contributed by atoms with Crippen molar-refractivity contribution in [3.8, 4) is 0 Å². The number of imidazole rings is 1. The molecule has 0 radical (unpaired) electrons. The van der Waals surface area contributed by atoms with E-state index in [0.29, 0.717) is 6.42 Å². The first-order valence-electron chi connectivity index (χ1n) is 4.29. The fraction of sp³-hybridized carbons (Fsp3) is 0.200. The number of nitrogens with zero attached hydrogens (tertiary/aromatic N) is 2. The Morgan fingerprint density at radius 3 is 3.07 bits per heavy atom. The molecule has 0 aliphatic carbocycles. The van der Waals surface area contributed by atoms with Gasteiger partial charge in [0.2, 0.25) is 0 Å². The fourth-order valence-corrected chi connectivity index (χ4v) is 1.90. The first-order valence-corrected chi connectivity index (χ1v) is 5.23. The average molecular weight is 206 g/mol. The Labute approximate surface area is 86.0 Å². The number of thiophene rings is 1. The van der Waals surface area contributed by atoms with E-state index in [0.717, 1.165) is 11.4 Å². The van der Waals surface area contributed by atoms with Crippen LogP contribution in [0.4, 0.5) is 0 Å². The molecule has 2 aromatic heterocycles. The maximum atomic E-state index is 11.7. The first-order chi connectivity index (χ1) is 6.77. The SMILES string of the molecule is Cn1ccnc1CC(=O)c1ccsc1. The second kappa shape index (κ2) is 3.75. The molecule has 4 heteroatoms. The van der Waals surface area contributed by atoms with Gasteiger partial charge in [0.1, 0.15) is 5.82 Å². The molecule has 0 N–H and O–H groups in total. The molecular formula is C10H10N2OS. The fourth-order valence-electron chi connectivity index (χ4n) is 1.24. The number of aryl methyl sites for hydroxylation is 1. The van der Waals surface area contributed by atoms with E-state index in [-0.39, 0.29) is 5.78 Å². The summed E-state index contributed by atoms with van der Waals surface area (Å²) in [6.07, 6.45) is 3.92. The lowest BCUT2D eigenvalue weighted by atomic mass is 10.1. The van der Waals surface area contributed by atoms with Crippen LogP contribution >= 0.6 is 11.3 Å². The predicted molar refractivity (Wildman–Crippen MR) is 55.6 cm³/mol. The van der Waals surface area contributed by atoms with Gasteiger partial charge in [-0.15, -0.1) is 0 Å². The van der Waals surface area contributed by atoms with Crippen LogP contribution in [-0.2, 0) is 13.5 Å². The topological polar surface area (TPSA) is 34.9 Å². The molecule has 0 saturated heterocycles. The van der Waals surface area contributed by atoms with Gasteiger partial charge >= 0.3 is 0 Å². The second-order valence-corrected chi connectivity index (χ2v) is 3.85. The van der Waals surface area contributed by atoms with Crippen molar-refractivity contribution in [1.29, 1.82) is 0 Å². The van der Waals surface area contributed by atoms with Crippen molar-refractivity contribution in [2.45, 2.75) is 6.42 Å². The summed E-state index contributed by atoms with van der Waals surface area (Å²) in [6.45, 7) is 0. The van der Waals surface area contributed by atoms with Crippen molar-refractivity contribution < 1.29 is 4.79 Å². The summed E-state index contributed by atoms with van der Waals surface area (Å²) in [5.74, 6) is 0.932. The van der Waals surface area contributed by atoms with Crippen molar-refractivity contribution in [3.63, 3.8) is 0 Å². The highest BCUT2D eigenvalue weighted by atomic mass is 32.1. The Morgan fingerprint density at radius 1 is 1.64 bits per heavy atom. The minimum Gasteiger partial charge on any atom is -0.338 e. The van der Waals surface area contributed by atoms with Gasteiger partial charge in [-0.2, -0.15) is 11.3 Å². The normalized spacial score (nSPS) is 10.4. The number of hydrogen-bond acceptors (Lipinski definition) is 3. The third kappa shape index (κ3) is 1.75. The van der Waals surface area contributed by atoms with Crippen molar-refractivity contribution >= 4 is 17.1 Å². The van der Waals surface area contributed by atoms with Crippen molar-refractivity contribution in [2.24, 2.45) is 7.05 Å². The van der Waals surface area contributed by atoms with E-state index >= 15 is 0 Å². The number of carbonyl (C=O) groups is 1. The Balaban J connectivity index is 2.13. The summed E-state index contributed by atoms with van der Waals surface area (Å²) in [4.78, 5) is 15.8. The Kier molecular flexibility index (Phi) is 2.45. The van der Waals surface area contributed by atoms with E-state index in [2.05, 4.69) is 4.98 Å². The monoisotopic (exact) mass is 206 g/mol. The molecule has 0 aromatic carbocycles. The van der Waals surface area contributed by atoms with Gasteiger partial charge in [0, 0.05) is 30.4 Å². The number of Topliss-reactive ketones (excluding diaryl/α,β-unsaturated/α-hetero) is 1. The standard InChI is InChI=1S/C10H10N2OS/c1-12-4-3-11-10(12)6-9(13)8-2-5-14-7-8/h2-5,7H,6H2,1H3. The van der Waals surface area contributed by atoms with Crippen molar-refractivity contribution in [1.82, 2.24) is 9.55 Å². The highest BCUT2D eigenvalue weighted by Crippen LogP contribution is 2.09. The summed E-state index contributed by atoms with van der Waals surface area (Å²) in [5.41, 5.74) is 0.776. The lowest BCUT2D eigenvalue weighted by Gasteiger charge is -1.99. The van der Waals surface area contributed by atoms with Crippen molar-refractivity contribution in [3.05, 3.63) is 40.6 Å². The summed E-state index contributed by atoms with van der Waals surface area (Å²) < 4.78 is 1.87. The summed E-state index contributed by atoms with van der Waals surface area (Å²) in [5, 5.41) is 3.77. The van der Waals surface area contributed by atoms with Crippen LogP contribution in [0, 0.1) is 0 Å². The average Bonchev–Trinajstić information content (AvgIpc) is 2.77. The van der Waals surface area contributed by atoms with E-state index in [1.54, 1.807) is 6.20 Å². The number of rotatable bonds is 3. The zero-order chi connectivity index (χ0) is 9.97. The highest BCUT2D eigenvalue weighted by molar-refractivity contribution is 7.08. The zero-order valence-corrected chi connectivity index (χ0v) is 8.62. The van der Waals surface area contributed by atoms with Gasteiger partial charge in [-0.3, -0.25) is 4.79 Å². The summed E-state index contributed by atoms with van der Waals surface area (Å²) >= 11 is 1.54. The van der Waals surface area contributed by atoms with E-state index in [4.69, 9.17) is 0 Å². The van der Waals surface area contributed by atoms with Crippen LogP contribution in [0.1, 0.15) is 16.2 Å². The summed E-state index contributed by atoms with van der Waals surface area (Å²) in [7, 11) is 1.89. The maximum absolute atomic E-state index is 11.7. The lowest BCUT2D eigenvalue weighted by Crippen LogP contribution is -2.07. The van der Waals surface area contributed by atoms with Gasteiger partial charge < -0.3 is 4.57 Å². The molecule has 14 heavy (non-hydrogen) atoms. The molecule has 0 bridgehead atoms. The van der Waals surface area contributed by atoms with Gasteiger partial charge in [-0.05, 0) is 11.4 Å². The third-order valence-electron chi connectivity index (χ3n) is 2.08. The van der Waals surface area contributed by atoms with E-state index in [9.17, 15) is 4.79 Å². The van der Waals surface area contributed by atoms with Gasteiger partial charge in [-0.1, -0.05) is 0 Å². The molecule has 0 saturated carbocycles.